The Kier molecular flexibility index (Phi) is 4.66. The molecule has 0 spiro atoms. The van der Waals surface area contributed by atoms with Crippen LogP contribution in [0.15, 0.2) is 29.2 Å². The van der Waals surface area contributed by atoms with Gasteiger partial charge in [0.1, 0.15) is 5.75 Å². The fraction of sp³-hybridized carbons (Fsp3) is 0.263. The highest BCUT2D eigenvalue weighted by Crippen LogP contribution is 2.30. The van der Waals surface area contributed by atoms with E-state index < -0.39 is 5.69 Å². The van der Waals surface area contributed by atoms with Crippen LogP contribution in [0, 0.1) is 0 Å². The van der Waals surface area contributed by atoms with Crippen LogP contribution in [0.25, 0.3) is 5.65 Å². The first-order valence-electron chi connectivity index (χ1n) is 9.62. The van der Waals surface area contributed by atoms with Gasteiger partial charge in [0, 0.05) is 23.7 Å². The molecule has 3 heterocycles. The minimum absolute atomic E-state index is 0.207. The van der Waals surface area contributed by atoms with Crippen LogP contribution in [0.2, 0.25) is 5.02 Å². The smallest absolute Gasteiger partial charge is 0.325 e. The van der Waals surface area contributed by atoms with Gasteiger partial charge >= 0.3 is 5.69 Å². The van der Waals surface area contributed by atoms with Crippen molar-refractivity contribution in [3.63, 3.8) is 0 Å². The lowest BCUT2D eigenvalue weighted by Gasteiger charge is -2.11. The van der Waals surface area contributed by atoms with E-state index in [9.17, 15) is 9.90 Å². The van der Waals surface area contributed by atoms with E-state index in [1.54, 1.807) is 30.0 Å². The van der Waals surface area contributed by atoms with E-state index in [0.717, 1.165) is 12.8 Å². The molecule has 3 aromatic heterocycles. The number of anilines is 3. The summed E-state index contributed by atoms with van der Waals surface area (Å²) in [4.78, 5) is 25.5. The Hall–Kier alpha value is -3.73. The quantitative estimate of drug-likeness (QED) is 0.293. The van der Waals surface area contributed by atoms with Gasteiger partial charge in [-0.1, -0.05) is 11.6 Å². The van der Waals surface area contributed by atoms with Crippen molar-refractivity contribution in [2.45, 2.75) is 25.3 Å². The van der Waals surface area contributed by atoms with E-state index in [-0.39, 0.29) is 12.3 Å². The molecule has 160 valence electrons. The van der Waals surface area contributed by atoms with Crippen molar-refractivity contribution in [2.24, 2.45) is 0 Å². The molecule has 12 heteroatoms. The number of imidazole rings is 1. The van der Waals surface area contributed by atoms with Gasteiger partial charge in [-0.3, -0.25) is 4.98 Å². The van der Waals surface area contributed by atoms with Gasteiger partial charge in [0.25, 0.3) is 0 Å². The van der Waals surface area contributed by atoms with Crippen molar-refractivity contribution in [3.8, 4) is 11.6 Å². The standard InChI is InChI=1S/C19H19ClN8O3/c1-31-14-5-4-11(7-12(14)20)22-17-25-15-9(6-13-16(29)26-19(30)24-13)8-21-28(15)18(27-17)23-10-2-3-10/h4-5,7-8,10,29H,2-3,6H2,1H3,(H2,24,26,30)(H2,22,23,25,27). The molecular weight excluding hydrogens is 424 g/mol. The summed E-state index contributed by atoms with van der Waals surface area (Å²) in [6.45, 7) is 0. The number of nitrogens with one attached hydrogen (secondary N) is 4. The van der Waals surface area contributed by atoms with E-state index in [2.05, 4.69) is 35.7 Å². The highest BCUT2D eigenvalue weighted by atomic mass is 35.5. The summed E-state index contributed by atoms with van der Waals surface area (Å²) in [5.41, 5.74) is 1.82. The van der Waals surface area contributed by atoms with Crippen molar-refractivity contribution in [3.05, 3.63) is 51.2 Å². The fourth-order valence-corrected chi connectivity index (χ4v) is 3.47. The van der Waals surface area contributed by atoms with Crippen LogP contribution in [0.1, 0.15) is 24.1 Å². The number of methoxy groups -OCH3 is 1. The first kappa shape index (κ1) is 19.2. The Labute approximate surface area is 180 Å². The molecule has 0 atom stereocenters. The summed E-state index contributed by atoms with van der Waals surface area (Å²) in [5, 5.41) is 21.3. The van der Waals surface area contributed by atoms with Crippen LogP contribution in [-0.2, 0) is 6.42 Å². The number of hydrogen-bond acceptors (Lipinski definition) is 8. The highest BCUT2D eigenvalue weighted by molar-refractivity contribution is 6.32. The second-order valence-electron chi connectivity index (χ2n) is 7.25. The first-order valence-corrected chi connectivity index (χ1v) is 10.00. The van der Waals surface area contributed by atoms with Crippen molar-refractivity contribution < 1.29 is 9.84 Å². The lowest BCUT2D eigenvalue weighted by Crippen LogP contribution is -2.12. The Morgan fingerprint density at radius 1 is 1.32 bits per heavy atom. The Morgan fingerprint density at radius 3 is 2.84 bits per heavy atom. The number of halogens is 1. The lowest BCUT2D eigenvalue weighted by atomic mass is 10.2. The van der Waals surface area contributed by atoms with Gasteiger partial charge in [-0.25, -0.2) is 4.79 Å². The SMILES string of the molecule is COc1ccc(Nc2nc(NC3CC3)n3ncc(Cc4[nH]c(=O)[nH]c4O)c3n2)cc1Cl. The number of rotatable bonds is 7. The zero-order valence-corrected chi connectivity index (χ0v) is 17.2. The number of benzene rings is 1. The largest absolute Gasteiger partial charge is 0.495 e. The predicted molar refractivity (Wildman–Crippen MR) is 115 cm³/mol. The molecule has 1 saturated carbocycles. The zero-order valence-electron chi connectivity index (χ0n) is 16.4. The van der Waals surface area contributed by atoms with Crippen molar-refractivity contribution >= 4 is 34.8 Å². The molecule has 1 fully saturated rings. The number of aromatic amines is 2. The molecule has 4 aromatic rings. The molecule has 31 heavy (non-hydrogen) atoms. The average molecular weight is 443 g/mol. The van der Waals surface area contributed by atoms with E-state index in [0.29, 0.717) is 51.3 Å². The second-order valence-corrected chi connectivity index (χ2v) is 7.66. The minimum atomic E-state index is -0.478. The summed E-state index contributed by atoms with van der Waals surface area (Å²) in [5.74, 6) is 1.26. The van der Waals surface area contributed by atoms with Gasteiger partial charge in [0.2, 0.25) is 17.8 Å². The molecule has 1 aromatic carbocycles. The highest BCUT2D eigenvalue weighted by Gasteiger charge is 2.24. The molecule has 0 aliphatic heterocycles. The van der Waals surface area contributed by atoms with Crippen LogP contribution in [-0.4, -0.2) is 47.8 Å². The number of nitrogens with zero attached hydrogens (tertiary/aromatic N) is 4. The summed E-state index contributed by atoms with van der Waals surface area (Å²) >= 11 is 6.23. The van der Waals surface area contributed by atoms with Crippen LogP contribution < -0.4 is 21.1 Å². The van der Waals surface area contributed by atoms with Gasteiger partial charge in [0.15, 0.2) is 5.65 Å². The summed E-state index contributed by atoms with van der Waals surface area (Å²) < 4.78 is 6.80. The Morgan fingerprint density at radius 2 is 2.16 bits per heavy atom. The maximum Gasteiger partial charge on any atom is 0.325 e. The Bertz CT molecular complexity index is 1320. The number of aromatic nitrogens is 6. The monoisotopic (exact) mass is 442 g/mol. The number of aromatic hydroxyl groups is 1. The minimum Gasteiger partial charge on any atom is -0.495 e. The number of ether oxygens (including phenoxy) is 1. The fourth-order valence-electron chi connectivity index (χ4n) is 3.21. The van der Waals surface area contributed by atoms with Crippen LogP contribution in [0.3, 0.4) is 0 Å². The van der Waals surface area contributed by atoms with Crippen molar-refractivity contribution in [1.29, 1.82) is 0 Å². The predicted octanol–water partition coefficient (Wildman–Crippen LogP) is 2.42. The number of H-pyrrole nitrogens is 2. The molecule has 0 saturated heterocycles. The van der Waals surface area contributed by atoms with E-state index >= 15 is 0 Å². The summed E-state index contributed by atoms with van der Waals surface area (Å²) in [6.07, 6.45) is 4.01. The zero-order chi connectivity index (χ0) is 21.5. The third-order valence-electron chi connectivity index (χ3n) is 4.91. The van der Waals surface area contributed by atoms with Gasteiger partial charge < -0.3 is 25.5 Å². The lowest BCUT2D eigenvalue weighted by molar-refractivity contribution is 0.415. The molecule has 11 nitrogen and oxygen atoms in total. The molecule has 0 unspecified atom stereocenters. The molecule has 1 aliphatic rings. The number of hydrogen-bond donors (Lipinski definition) is 5. The molecule has 5 rings (SSSR count). The third kappa shape index (κ3) is 3.87. The Balaban J connectivity index is 1.53. The third-order valence-corrected chi connectivity index (χ3v) is 5.20. The van der Waals surface area contributed by atoms with E-state index in [4.69, 9.17) is 16.3 Å². The van der Waals surface area contributed by atoms with Crippen molar-refractivity contribution in [1.82, 2.24) is 29.5 Å². The molecule has 5 N–H and O–H groups in total. The molecular formula is C19H19ClN8O3. The van der Waals surface area contributed by atoms with Crippen LogP contribution in [0.4, 0.5) is 17.6 Å². The second kappa shape index (κ2) is 7.51. The molecule has 0 amide bonds. The number of fused-ring (bicyclic) bond motifs is 1. The summed E-state index contributed by atoms with van der Waals surface area (Å²) in [6, 6.07) is 5.63. The molecule has 0 radical (unpaired) electrons. The van der Waals surface area contributed by atoms with Gasteiger partial charge in [-0.05, 0) is 31.0 Å². The average Bonchev–Trinajstić information content (AvgIpc) is 3.37. The normalized spacial score (nSPS) is 13.5. The van der Waals surface area contributed by atoms with Crippen molar-refractivity contribution in [2.75, 3.05) is 17.7 Å². The maximum atomic E-state index is 11.5. The van der Waals surface area contributed by atoms with Gasteiger partial charge in [0.05, 0.1) is 24.0 Å². The van der Waals surface area contributed by atoms with E-state index in [1.807, 2.05) is 6.07 Å². The first-order chi connectivity index (χ1) is 15.0. The van der Waals surface area contributed by atoms with Gasteiger partial charge in [-0.2, -0.15) is 19.6 Å². The maximum absolute atomic E-state index is 11.5. The molecule has 0 bridgehead atoms. The van der Waals surface area contributed by atoms with Crippen LogP contribution in [0.5, 0.6) is 11.6 Å². The summed E-state index contributed by atoms with van der Waals surface area (Å²) in [7, 11) is 1.55. The van der Waals surface area contributed by atoms with Gasteiger partial charge in [-0.15, -0.1) is 0 Å². The topological polar surface area (TPSA) is 145 Å². The molecule has 1 aliphatic carbocycles. The van der Waals surface area contributed by atoms with Crippen LogP contribution >= 0.6 is 11.6 Å². The van der Waals surface area contributed by atoms with E-state index in [1.165, 1.54) is 0 Å².